The molecule has 1 fully saturated rings. The number of hydrogen-bond donors (Lipinski definition) is 2. The zero-order chi connectivity index (χ0) is 13.6. The average molecular weight is 261 g/mol. The second-order valence-corrected chi connectivity index (χ2v) is 4.57. The second kappa shape index (κ2) is 3.74. The Morgan fingerprint density at radius 2 is 2.21 bits per heavy atom. The lowest BCUT2D eigenvalue weighted by atomic mass is 10.3. The minimum atomic E-state index is -1.14. The first-order chi connectivity index (χ1) is 9.02. The van der Waals surface area contributed by atoms with Crippen LogP contribution in [0.2, 0.25) is 0 Å². The fraction of sp³-hybridized carbons (Fsp3) is 0.364. The maximum Gasteiger partial charge on any atom is 0.329 e. The van der Waals surface area contributed by atoms with E-state index in [9.17, 15) is 9.59 Å². The summed E-state index contributed by atoms with van der Waals surface area (Å²) in [4.78, 5) is 30.9. The van der Waals surface area contributed by atoms with Crippen LogP contribution < -0.4 is 5.32 Å². The molecule has 0 unspecified atom stereocenters. The molecule has 2 heterocycles. The molecule has 3 rings (SSSR count). The van der Waals surface area contributed by atoms with Gasteiger partial charge in [0.25, 0.3) is 11.7 Å². The smallest absolute Gasteiger partial charge is 0.329 e. The van der Waals surface area contributed by atoms with Gasteiger partial charge in [0.2, 0.25) is 5.82 Å². The molecule has 1 saturated carbocycles. The summed E-state index contributed by atoms with van der Waals surface area (Å²) in [6, 6.07) is 1.74. The highest BCUT2D eigenvalue weighted by Crippen LogP contribution is 2.35. The van der Waals surface area contributed by atoms with Crippen LogP contribution in [-0.4, -0.2) is 42.1 Å². The minimum absolute atomic E-state index is 0.0747. The van der Waals surface area contributed by atoms with Crippen molar-refractivity contribution in [2.75, 3.05) is 0 Å². The van der Waals surface area contributed by atoms with E-state index < -0.39 is 17.4 Å². The van der Waals surface area contributed by atoms with Crippen molar-refractivity contribution in [2.24, 2.45) is 0 Å². The number of rotatable bonds is 3. The Balaban J connectivity index is 1.90. The van der Waals surface area contributed by atoms with E-state index in [1.54, 1.807) is 12.3 Å². The van der Waals surface area contributed by atoms with Gasteiger partial charge in [0.1, 0.15) is 5.54 Å². The van der Waals surface area contributed by atoms with Crippen molar-refractivity contribution in [3.63, 3.8) is 0 Å². The molecule has 1 amide bonds. The van der Waals surface area contributed by atoms with E-state index in [1.165, 1.54) is 4.52 Å². The molecule has 0 radical (unpaired) electrons. The first-order valence-corrected chi connectivity index (χ1v) is 5.76. The van der Waals surface area contributed by atoms with Crippen molar-refractivity contribution in [1.82, 2.24) is 24.9 Å². The highest BCUT2D eigenvalue weighted by molar-refractivity contribution is 5.96. The number of nitrogens with zero attached hydrogens (tertiary/aromatic N) is 4. The summed E-state index contributed by atoms with van der Waals surface area (Å²) in [7, 11) is 0. The second-order valence-electron chi connectivity index (χ2n) is 4.57. The molecule has 8 heteroatoms. The topological polar surface area (TPSA) is 109 Å². The highest BCUT2D eigenvalue weighted by atomic mass is 16.4. The number of carbonyl (C=O) groups excluding carboxylic acids is 1. The number of aryl methyl sites for hydroxylation is 1. The van der Waals surface area contributed by atoms with Gasteiger partial charge in [-0.1, -0.05) is 0 Å². The summed E-state index contributed by atoms with van der Waals surface area (Å²) in [6.07, 6.45) is 2.43. The average Bonchev–Trinajstić information content (AvgIpc) is 3.00. The summed E-state index contributed by atoms with van der Waals surface area (Å²) in [6.45, 7) is 1.81. The van der Waals surface area contributed by atoms with Crippen molar-refractivity contribution < 1.29 is 14.7 Å². The van der Waals surface area contributed by atoms with Crippen molar-refractivity contribution in [3.05, 3.63) is 23.8 Å². The Kier molecular flexibility index (Phi) is 2.28. The molecule has 0 saturated heterocycles. The molecular weight excluding hydrogens is 250 g/mol. The van der Waals surface area contributed by atoms with Gasteiger partial charge in [-0.25, -0.2) is 14.3 Å². The Bertz CT molecular complexity index is 689. The number of nitrogens with one attached hydrogen (secondary N) is 1. The molecule has 0 atom stereocenters. The zero-order valence-corrected chi connectivity index (χ0v) is 10.1. The van der Waals surface area contributed by atoms with Crippen LogP contribution in [0.4, 0.5) is 0 Å². The molecule has 19 heavy (non-hydrogen) atoms. The number of fused-ring (bicyclic) bond motifs is 1. The Labute approximate surface area is 107 Å². The maximum absolute atomic E-state index is 11.9. The highest BCUT2D eigenvalue weighted by Gasteiger charge is 2.52. The van der Waals surface area contributed by atoms with Crippen LogP contribution in [0.3, 0.4) is 0 Å². The molecule has 2 aromatic heterocycles. The predicted octanol–water partition coefficient (Wildman–Crippen LogP) is -0.220. The van der Waals surface area contributed by atoms with E-state index in [0.29, 0.717) is 18.6 Å². The third kappa shape index (κ3) is 1.81. The molecule has 2 aromatic rings. The third-order valence-electron chi connectivity index (χ3n) is 3.15. The quantitative estimate of drug-likeness (QED) is 0.790. The summed E-state index contributed by atoms with van der Waals surface area (Å²) >= 11 is 0. The van der Waals surface area contributed by atoms with Crippen molar-refractivity contribution in [3.8, 4) is 0 Å². The fourth-order valence-corrected chi connectivity index (χ4v) is 1.79. The fourth-order valence-electron chi connectivity index (χ4n) is 1.79. The van der Waals surface area contributed by atoms with E-state index in [-0.39, 0.29) is 5.82 Å². The number of carbonyl (C=O) groups is 2. The molecule has 1 aliphatic rings. The lowest BCUT2D eigenvalue weighted by molar-refractivity contribution is -0.140. The summed E-state index contributed by atoms with van der Waals surface area (Å²) in [5.41, 5.74) is -0.354. The van der Waals surface area contributed by atoms with Gasteiger partial charge in [0.05, 0.1) is 0 Å². The molecule has 0 aliphatic heterocycles. The molecule has 2 N–H and O–H groups in total. The lowest BCUT2D eigenvalue weighted by Crippen LogP contribution is -2.43. The van der Waals surface area contributed by atoms with Crippen molar-refractivity contribution >= 4 is 17.7 Å². The molecule has 0 spiro atoms. The van der Waals surface area contributed by atoms with Gasteiger partial charge in [0, 0.05) is 11.9 Å². The van der Waals surface area contributed by atoms with E-state index in [4.69, 9.17) is 5.11 Å². The predicted molar refractivity (Wildman–Crippen MR) is 62.6 cm³/mol. The Morgan fingerprint density at radius 3 is 2.79 bits per heavy atom. The summed E-state index contributed by atoms with van der Waals surface area (Å²) in [5, 5.41) is 15.5. The van der Waals surface area contributed by atoms with E-state index >= 15 is 0 Å². The standard InChI is InChI=1S/C11H11N5O3/c1-6-2-5-12-10-13-7(15-16(6)10)8(17)14-11(3-4-11)9(18)19/h2,5H,3-4H2,1H3,(H,14,17)(H,18,19). The SMILES string of the molecule is Cc1ccnc2nc(C(=O)NC3(C(=O)O)CC3)nn12. The zero-order valence-electron chi connectivity index (χ0n) is 10.1. The van der Waals surface area contributed by atoms with Gasteiger partial charge in [-0.05, 0) is 25.8 Å². The van der Waals surface area contributed by atoms with Crippen LogP contribution in [0.15, 0.2) is 12.3 Å². The lowest BCUT2D eigenvalue weighted by Gasteiger charge is -2.09. The van der Waals surface area contributed by atoms with Gasteiger partial charge in [-0.2, -0.15) is 4.98 Å². The number of hydrogen-bond acceptors (Lipinski definition) is 5. The number of carboxylic acid groups (broad SMARTS) is 1. The third-order valence-corrected chi connectivity index (χ3v) is 3.15. The number of amides is 1. The van der Waals surface area contributed by atoms with E-state index in [1.807, 2.05) is 6.92 Å². The van der Waals surface area contributed by atoms with Gasteiger partial charge in [-0.15, -0.1) is 5.10 Å². The normalized spacial score (nSPS) is 16.3. The van der Waals surface area contributed by atoms with E-state index in [2.05, 4.69) is 20.4 Å². The molecule has 98 valence electrons. The van der Waals surface area contributed by atoms with Gasteiger partial charge in [-0.3, -0.25) is 4.79 Å². The van der Waals surface area contributed by atoms with Gasteiger partial charge < -0.3 is 10.4 Å². The van der Waals surface area contributed by atoms with Gasteiger partial charge >= 0.3 is 5.97 Å². The molecule has 0 bridgehead atoms. The first kappa shape index (κ1) is 11.6. The largest absolute Gasteiger partial charge is 0.480 e. The number of aromatic nitrogens is 4. The number of carboxylic acids is 1. The molecular formula is C11H11N5O3. The first-order valence-electron chi connectivity index (χ1n) is 5.76. The van der Waals surface area contributed by atoms with Crippen LogP contribution in [0, 0.1) is 6.92 Å². The van der Waals surface area contributed by atoms with Gasteiger partial charge in [0.15, 0.2) is 0 Å². The van der Waals surface area contributed by atoms with Crippen molar-refractivity contribution in [1.29, 1.82) is 0 Å². The molecule has 8 nitrogen and oxygen atoms in total. The van der Waals surface area contributed by atoms with Crippen molar-refractivity contribution in [2.45, 2.75) is 25.3 Å². The van der Waals surface area contributed by atoms with Crippen LogP contribution >= 0.6 is 0 Å². The van der Waals surface area contributed by atoms with Crippen LogP contribution in [-0.2, 0) is 4.79 Å². The Morgan fingerprint density at radius 1 is 1.47 bits per heavy atom. The summed E-state index contributed by atoms with van der Waals surface area (Å²) in [5.74, 6) is -1.39. The number of aliphatic carboxylic acids is 1. The molecule has 0 aromatic carbocycles. The maximum atomic E-state index is 11.9. The monoisotopic (exact) mass is 261 g/mol. The van der Waals surface area contributed by atoms with E-state index in [0.717, 1.165) is 5.69 Å². The van der Waals surface area contributed by atoms with Crippen LogP contribution in [0.5, 0.6) is 0 Å². The Hall–Kier alpha value is -2.51. The summed E-state index contributed by atoms with van der Waals surface area (Å²) < 4.78 is 1.44. The van der Waals surface area contributed by atoms with Crippen LogP contribution in [0.25, 0.3) is 5.78 Å². The van der Waals surface area contributed by atoms with Crippen LogP contribution in [0.1, 0.15) is 29.2 Å². The molecule has 1 aliphatic carbocycles. The minimum Gasteiger partial charge on any atom is -0.480 e.